The van der Waals surface area contributed by atoms with Crippen LogP contribution in [0.5, 0.6) is 17.2 Å². The van der Waals surface area contributed by atoms with Crippen molar-refractivity contribution in [3.63, 3.8) is 0 Å². The first-order valence-corrected chi connectivity index (χ1v) is 8.44. The van der Waals surface area contributed by atoms with E-state index in [1.807, 2.05) is 38.1 Å². The van der Waals surface area contributed by atoms with Gasteiger partial charge < -0.3 is 19.5 Å². The van der Waals surface area contributed by atoms with Gasteiger partial charge >= 0.3 is 0 Å². The summed E-state index contributed by atoms with van der Waals surface area (Å²) < 4.78 is 16.4. The number of amides is 1. The fourth-order valence-corrected chi connectivity index (χ4v) is 2.66. The van der Waals surface area contributed by atoms with Crippen molar-refractivity contribution in [2.45, 2.75) is 32.9 Å². The third kappa shape index (κ3) is 3.99. The van der Waals surface area contributed by atoms with E-state index in [9.17, 15) is 4.79 Å². The van der Waals surface area contributed by atoms with Crippen LogP contribution < -0.4 is 19.5 Å². The number of hydrogen-bond acceptors (Lipinski definition) is 4. The zero-order valence-electron chi connectivity index (χ0n) is 14.3. The third-order valence-corrected chi connectivity index (χ3v) is 4.49. The number of aryl methyl sites for hydroxylation is 1. The number of halogens is 1. The highest BCUT2D eigenvalue weighted by Crippen LogP contribution is 2.34. The van der Waals surface area contributed by atoms with Crippen LogP contribution in [0.15, 0.2) is 36.4 Å². The maximum atomic E-state index is 12.4. The van der Waals surface area contributed by atoms with Gasteiger partial charge in [-0.25, -0.2) is 0 Å². The molecule has 0 saturated carbocycles. The van der Waals surface area contributed by atoms with Crippen LogP contribution in [0.2, 0.25) is 5.02 Å². The summed E-state index contributed by atoms with van der Waals surface area (Å²) in [5, 5.41) is 3.61. The average molecular weight is 362 g/mol. The second-order valence-corrected chi connectivity index (χ2v) is 6.42. The number of carbonyl (C=O) groups is 1. The van der Waals surface area contributed by atoms with Gasteiger partial charge in [-0.3, -0.25) is 4.79 Å². The number of carbonyl (C=O) groups excluding carboxylic acids is 1. The fraction of sp³-hybridized carbons (Fsp3) is 0.316. The molecule has 2 atom stereocenters. The molecule has 3 rings (SSSR count). The first-order chi connectivity index (χ1) is 11.9. The molecule has 2 aromatic rings. The molecule has 1 N–H and O–H groups in total. The molecule has 0 spiro atoms. The second kappa shape index (κ2) is 7.23. The molecule has 25 heavy (non-hydrogen) atoms. The molecular formula is C19H20ClNO4. The van der Waals surface area contributed by atoms with E-state index < -0.39 is 6.10 Å². The van der Waals surface area contributed by atoms with Crippen molar-refractivity contribution in [3.05, 3.63) is 52.5 Å². The Balaban J connectivity index is 1.61. The first kappa shape index (κ1) is 17.4. The number of nitrogens with one attached hydrogen (secondary N) is 1. The molecule has 0 fully saturated rings. The largest absolute Gasteiger partial charge is 0.481 e. The van der Waals surface area contributed by atoms with Crippen molar-refractivity contribution in [1.29, 1.82) is 0 Å². The van der Waals surface area contributed by atoms with E-state index in [2.05, 4.69) is 5.32 Å². The Morgan fingerprint density at radius 1 is 1.16 bits per heavy atom. The molecule has 1 amide bonds. The van der Waals surface area contributed by atoms with Crippen LogP contribution in [0.3, 0.4) is 0 Å². The molecule has 5 nitrogen and oxygen atoms in total. The molecular weight excluding hydrogens is 342 g/mol. The number of ether oxygens (including phenoxy) is 3. The van der Waals surface area contributed by atoms with E-state index in [1.54, 1.807) is 19.1 Å². The minimum Gasteiger partial charge on any atom is -0.481 e. The molecule has 1 aliphatic heterocycles. The summed E-state index contributed by atoms with van der Waals surface area (Å²) in [5.74, 6) is 1.83. The lowest BCUT2D eigenvalue weighted by Crippen LogP contribution is -2.37. The molecule has 0 saturated heterocycles. The molecule has 1 aliphatic rings. The molecule has 0 aliphatic carbocycles. The van der Waals surface area contributed by atoms with Gasteiger partial charge in [0.2, 0.25) is 6.79 Å². The SMILES string of the molecule is Cc1cc(OC(C)C(=O)NC(C)c2ccc3c(c2)OCO3)ccc1Cl. The van der Waals surface area contributed by atoms with Gasteiger partial charge in [0.1, 0.15) is 5.75 Å². The Hall–Kier alpha value is -2.40. The van der Waals surface area contributed by atoms with Crippen LogP contribution >= 0.6 is 11.6 Å². The van der Waals surface area contributed by atoms with Gasteiger partial charge in [0, 0.05) is 5.02 Å². The van der Waals surface area contributed by atoms with E-state index in [1.165, 1.54) is 0 Å². The predicted molar refractivity (Wildman–Crippen MR) is 95.4 cm³/mol. The molecule has 6 heteroatoms. The maximum Gasteiger partial charge on any atom is 0.261 e. The second-order valence-electron chi connectivity index (χ2n) is 6.01. The van der Waals surface area contributed by atoms with Gasteiger partial charge in [0.05, 0.1) is 6.04 Å². The van der Waals surface area contributed by atoms with Crippen LogP contribution in [0.4, 0.5) is 0 Å². The summed E-state index contributed by atoms with van der Waals surface area (Å²) in [5.41, 5.74) is 1.84. The van der Waals surface area contributed by atoms with Crippen LogP contribution in [0.25, 0.3) is 0 Å². The molecule has 2 aromatic carbocycles. The highest BCUT2D eigenvalue weighted by molar-refractivity contribution is 6.31. The van der Waals surface area contributed by atoms with Gasteiger partial charge in [-0.15, -0.1) is 0 Å². The summed E-state index contributed by atoms with van der Waals surface area (Å²) in [6, 6.07) is 10.8. The molecule has 0 aromatic heterocycles. The molecule has 0 bridgehead atoms. The van der Waals surface area contributed by atoms with Crippen molar-refractivity contribution >= 4 is 17.5 Å². The average Bonchev–Trinajstić information content (AvgIpc) is 3.05. The summed E-state index contributed by atoms with van der Waals surface area (Å²) >= 11 is 6.00. The Bertz CT molecular complexity index is 793. The Morgan fingerprint density at radius 3 is 2.68 bits per heavy atom. The zero-order valence-corrected chi connectivity index (χ0v) is 15.1. The molecule has 2 unspecified atom stereocenters. The van der Waals surface area contributed by atoms with Crippen LogP contribution in [-0.2, 0) is 4.79 Å². The van der Waals surface area contributed by atoms with E-state index >= 15 is 0 Å². The van der Waals surface area contributed by atoms with Crippen LogP contribution in [-0.4, -0.2) is 18.8 Å². The monoisotopic (exact) mass is 361 g/mol. The highest BCUT2D eigenvalue weighted by atomic mass is 35.5. The van der Waals surface area contributed by atoms with E-state index in [4.69, 9.17) is 25.8 Å². The number of fused-ring (bicyclic) bond motifs is 1. The predicted octanol–water partition coefficient (Wildman–Crippen LogP) is 4.02. The summed E-state index contributed by atoms with van der Waals surface area (Å²) in [6.07, 6.45) is -0.628. The van der Waals surface area contributed by atoms with Crippen LogP contribution in [0, 0.1) is 6.92 Å². The topological polar surface area (TPSA) is 56.8 Å². The first-order valence-electron chi connectivity index (χ1n) is 8.07. The molecule has 1 heterocycles. The van der Waals surface area contributed by atoms with Crippen molar-refractivity contribution in [2.75, 3.05) is 6.79 Å². The standard InChI is InChI=1S/C19H20ClNO4/c1-11-8-15(5-6-16(11)20)25-13(3)19(22)21-12(2)14-4-7-17-18(9-14)24-10-23-17/h4-9,12-13H,10H2,1-3H3,(H,21,22). The normalized spacial score (nSPS) is 14.7. The molecule has 132 valence electrons. The zero-order chi connectivity index (χ0) is 18.0. The summed E-state index contributed by atoms with van der Waals surface area (Å²) in [4.78, 5) is 12.4. The quantitative estimate of drug-likeness (QED) is 0.873. The Kier molecular flexibility index (Phi) is 5.04. The van der Waals surface area contributed by atoms with Crippen molar-refractivity contribution in [2.24, 2.45) is 0 Å². The Labute approximate surface area is 151 Å². The van der Waals surface area contributed by atoms with Crippen molar-refractivity contribution < 1.29 is 19.0 Å². The highest BCUT2D eigenvalue weighted by Gasteiger charge is 2.20. The Morgan fingerprint density at radius 2 is 1.92 bits per heavy atom. The number of rotatable bonds is 5. The number of benzene rings is 2. The van der Waals surface area contributed by atoms with Gasteiger partial charge in [-0.05, 0) is 62.2 Å². The lowest BCUT2D eigenvalue weighted by Gasteiger charge is -2.19. The van der Waals surface area contributed by atoms with Gasteiger partial charge in [-0.2, -0.15) is 0 Å². The minimum atomic E-state index is -0.628. The molecule has 0 radical (unpaired) electrons. The lowest BCUT2D eigenvalue weighted by atomic mass is 10.1. The fourth-order valence-electron chi connectivity index (χ4n) is 2.54. The lowest BCUT2D eigenvalue weighted by molar-refractivity contribution is -0.127. The van der Waals surface area contributed by atoms with E-state index in [0.29, 0.717) is 16.5 Å². The maximum absolute atomic E-state index is 12.4. The van der Waals surface area contributed by atoms with Gasteiger partial charge in [0.25, 0.3) is 5.91 Å². The number of hydrogen-bond donors (Lipinski definition) is 1. The van der Waals surface area contributed by atoms with E-state index in [0.717, 1.165) is 16.9 Å². The smallest absolute Gasteiger partial charge is 0.261 e. The summed E-state index contributed by atoms with van der Waals surface area (Å²) in [6.45, 7) is 5.74. The summed E-state index contributed by atoms with van der Waals surface area (Å²) in [7, 11) is 0. The third-order valence-electron chi connectivity index (χ3n) is 4.07. The van der Waals surface area contributed by atoms with Crippen molar-refractivity contribution in [3.8, 4) is 17.2 Å². The van der Waals surface area contributed by atoms with Gasteiger partial charge in [-0.1, -0.05) is 17.7 Å². The van der Waals surface area contributed by atoms with E-state index in [-0.39, 0.29) is 18.7 Å². The van der Waals surface area contributed by atoms with Crippen molar-refractivity contribution in [1.82, 2.24) is 5.32 Å². The minimum absolute atomic E-state index is 0.181. The van der Waals surface area contributed by atoms with Gasteiger partial charge in [0.15, 0.2) is 17.6 Å². The van der Waals surface area contributed by atoms with Crippen LogP contribution in [0.1, 0.15) is 31.0 Å².